The van der Waals surface area contributed by atoms with Gasteiger partial charge < -0.3 is 9.79 Å². The molecule has 4 nitrogen and oxygen atoms in total. The first-order chi connectivity index (χ1) is 9.12. The van der Waals surface area contributed by atoms with E-state index in [1.807, 2.05) is 18.2 Å². The molecule has 0 heterocycles. The molecule has 0 radical (unpaired) electrons. The average Bonchev–Trinajstić information content (AvgIpc) is 2.35. The molecule has 0 aliphatic rings. The van der Waals surface area contributed by atoms with Crippen molar-refractivity contribution in [2.45, 2.75) is 39.0 Å². The molecule has 1 aromatic carbocycles. The van der Waals surface area contributed by atoms with Gasteiger partial charge in [-0.25, -0.2) is 0 Å². The number of ketones is 1. The molecule has 0 bridgehead atoms. The van der Waals surface area contributed by atoms with Crippen LogP contribution in [0.3, 0.4) is 0 Å². The number of hydrogen-bond acceptors (Lipinski definition) is 2. The second kappa shape index (κ2) is 6.66. The van der Waals surface area contributed by atoms with Crippen LogP contribution in [-0.2, 0) is 14.8 Å². The van der Waals surface area contributed by atoms with E-state index in [9.17, 15) is 9.36 Å². The van der Waals surface area contributed by atoms with Crippen LogP contribution in [0.1, 0.15) is 39.2 Å². The quantitative estimate of drug-likeness (QED) is 0.758. The van der Waals surface area contributed by atoms with Gasteiger partial charge in [-0.15, -0.1) is 0 Å². The smallest absolute Gasteiger partial charge is 0.324 e. The Balaban J connectivity index is 2.58. The fourth-order valence-corrected chi connectivity index (χ4v) is 2.85. The van der Waals surface area contributed by atoms with Crippen molar-refractivity contribution in [1.29, 1.82) is 0 Å². The van der Waals surface area contributed by atoms with Crippen LogP contribution in [0.2, 0.25) is 0 Å². The Hall–Kier alpha value is -0.960. The summed E-state index contributed by atoms with van der Waals surface area (Å²) in [7, 11) is -4.25. The lowest BCUT2D eigenvalue weighted by Crippen LogP contribution is -2.22. The maximum atomic E-state index is 11.7. The van der Waals surface area contributed by atoms with Gasteiger partial charge in [-0.2, -0.15) is 0 Å². The molecule has 0 spiro atoms. The SMILES string of the molecule is C[C@@H](CCC(C)(C)c1ccccc1)C(=O)CP(=O)(O)O. The number of benzene rings is 1. The Morgan fingerprint density at radius 3 is 2.30 bits per heavy atom. The van der Waals surface area contributed by atoms with E-state index < -0.39 is 13.8 Å². The highest BCUT2D eigenvalue weighted by atomic mass is 31.2. The summed E-state index contributed by atoms with van der Waals surface area (Å²) in [4.78, 5) is 29.4. The van der Waals surface area contributed by atoms with Crippen LogP contribution < -0.4 is 0 Å². The molecular weight excluding hydrogens is 275 g/mol. The van der Waals surface area contributed by atoms with Crippen LogP contribution in [0.15, 0.2) is 30.3 Å². The second-order valence-electron chi connectivity index (χ2n) is 5.98. The van der Waals surface area contributed by atoms with Gasteiger partial charge in [0.15, 0.2) is 0 Å². The molecule has 5 heteroatoms. The van der Waals surface area contributed by atoms with E-state index >= 15 is 0 Å². The highest BCUT2D eigenvalue weighted by molar-refractivity contribution is 7.52. The van der Waals surface area contributed by atoms with Crippen molar-refractivity contribution < 1.29 is 19.1 Å². The zero-order chi connectivity index (χ0) is 15.4. The van der Waals surface area contributed by atoms with E-state index in [1.54, 1.807) is 6.92 Å². The highest BCUT2D eigenvalue weighted by Crippen LogP contribution is 2.36. The summed E-state index contributed by atoms with van der Waals surface area (Å²) in [5, 5.41) is 0. The molecule has 0 saturated carbocycles. The van der Waals surface area contributed by atoms with Crippen LogP contribution >= 0.6 is 7.60 Å². The van der Waals surface area contributed by atoms with Gasteiger partial charge in [0.1, 0.15) is 11.9 Å². The summed E-state index contributed by atoms with van der Waals surface area (Å²) in [5.74, 6) is -0.687. The molecule has 0 aromatic heterocycles. The average molecular weight is 298 g/mol. The van der Waals surface area contributed by atoms with Crippen LogP contribution in [0.4, 0.5) is 0 Å². The van der Waals surface area contributed by atoms with E-state index in [-0.39, 0.29) is 17.1 Å². The zero-order valence-electron chi connectivity index (χ0n) is 12.2. The largest absolute Gasteiger partial charge is 0.332 e. The van der Waals surface area contributed by atoms with Gasteiger partial charge in [0.2, 0.25) is 0 Å². The molecular formula is C15H23O4P. The van der Waals surface area contributed by atoms with Crippen molar-refractivity contribution in [1.82, 2.24) is 0 Å². The van der Waals surface area contributed by atoms with Crippen molar-refractivity contribution >= 4 is 13.4 Å². The summed E-state index contributed by atoms with van der Waals surface area (Å²) in [6.07, 6.45) is 0.770. The Morgan fingerprint density at radius 1 is 1.25 bits per heavy atom. The first-order valence-corrected chi connectivity index (χ1v) is 8.54. The molecule has 0 amide bonds. The van der Waals surface area contributed by atoms with E-state index in [2.05, 4.69) is 26.0 Å². The second-order valence-corrected chi connectivity index (χ2v) is 7.62. The van der Waals surface area contributed by atoms with Crippen molar-refractivity contribution in [3.05, 3.63) is 35.9 Å². The summed E-state index contributed by atoms with van der Waals surface area (Å²) in [6, 6.07) is 10.1. The van der Waals surface area contributed by atoms with Gasteiger partial charge in [0.25, 0.3) is 0 Å². The third-order valence-electron chi connectivity index (χ3n) is 3.67. The van der Waals surface area contributed by atoms with Crippen molar-refractivity contribution in [2.75, 3.05) is 6.16 Å². The van der Waals surface area contributed by atoms with Crippen LogP contribution in [0.25, 0.3) is 0 Å². The maximum absolute atomic E-state index is 11.7. The minimum Gasteiger partial charge on any atom is -0.324 e. The van der Waals surface area contributed by atoms with Gasteiger partial charge in [0, 0.05) is 5.92 Å². The van der Waals surface area contributed by atoms with Crippen LogP contribution in [-0.4, -0.2) is 21.7 Å². The molecule has 0 unspecified atom stereocenters. The summed E-state index contributed by atoms with van der Waals surface area (Å²) in [6.45, 7) is 5.96. The van der Waals surface area contributed by atoms with Crippen molar-refractivity contribution in [2.24, 2.45) is 5.92 Å². The van der Waals surface area contributed by atoms with Crippen molar-refractivity contribution in [3.8, 4) is 0 Å². The predicted octanol–water partition coefficient (Wildman–Crippen LogP) is 3.13. The molecule has 1 aromatic rings. The first kappa shape index (κ1) is 17.1. The fourth-order valence-electron chi connectivity index (χ4n) is 2.13. The monoisotopic (exact) mass is 298 g/mol. The molecule has 2 N–H and O–H groups in total. The Labute approximate surface area is 120 Å². The van der Waals surface area contributed by atoms with Crippen molar-refractivity contribution in [3.63, 3.8) is 0 Å². The first-order valence-electron chi connectivity index (χ1n) is 6.74. The van der Waals surface area contributed by atoms with Gasteiger partial charge >= 0.3 is 7.60 Å². The van der Waals surface area contributed by atoms with Gasteiger partial charge in [-0.05, 0) is 23.8 Å². The summed E-state index contributed by atoms with van der Waals surface area (Å²) < 4.78 is 10.8. The minimum atomic E-state index is -4.25. The molecule has 1 atom stereocenters. The highest BCUT2D eigenvalue weighted by Gasteiger charge is 2.26. The predicted molar refractivity (Wildman–Crippen MR) is 79.8 cm³/mol. The Kier molecular flexibility index (Phi) is 5.69. The normalized spacial score (nSPS) is 14.1. The van der Waals surface area contributed by atoms with E-state index in [0.29, 0.717) is 6.42 Å². The third kappa shape index (κ3) is 5.58. The molecule has 112 valence electrons. The topological polar surface area (TPSA) is 74.6 Å². The summed E-state index contributed by atoms with van der Waals surface area (Å²) in [5.41, 5.74) is 1.15. The zero-order valence-corrected chi connectivity index (χ0v) is 13.1. The van der Waals surface area contributed by atoms with Gasteiger partial charge in [-0.1, -0.05) is 51.1 Å². The molecule has 0 aliphatic carbocycles. The molecule has 0 fully saturated rings. The lowest BCUT2D eigenvalue weighted by molar-refractivity contribution is -0.120. The fraction of sp³-hybridized carbons (Fsp3) is 0.533. The standard InChI is InChI=1S/C15H23O4P/c1-12(14(16)11-20(17,18)19)9-10-15(2,3)13-7-5-4-6-8-13/h4-8,12H,9-11H2,1-3H3,(H2,17,18,19)/t12-/m0/s1. The molecule has 0 aliphatic heterocycles. The number of Topliss-reactive ketones (excluding diaryl/α,β-unsaturated/α-hetero) is 1. The van der Waals surface area contributed by atoms with E-state index in [4.69, 9.17) is 9.79 Å². The van der Waals surface area contributed by atoms with Crippen LogP contribution in [0.5, 0.6) is 0 Å². The molecule has 20 heavy (non-hydrogen) atoms. The number of hydrogen-bond donors (Lipinski definition) is 2. The van der Waals surface area contributed by atoms with E-state index in [0.717, 1.165) is 6.42 Å². The Bertz CT molecular complexity index is 490. The van der Waals surface area contributed by atoms with E-state index in [1.165, 1.54) is 5.56 Å². The third-order valence-corrected chi connectivity index (χ3v) is 4.39. The van der Waals surface area contributed by atoms with Gasteiger partial charge in [0.05, 0.1) is 0 Å². The Morgan fingerprint density at radius 2 is 1.80 bits per heavy atom. The molecule has 0 saturated heterocycles. The maximum Gasteiger partial charge on any atom is 0.332 e. The molecule has 1 rings (SSSR count). The number of carbonyl (C=O) groups excluding carboxylic acids is 1. The lowest BCUT2D eigenvalue weighted by atomic mass is 9.78. The summed E-state index contributed by atoms with van der Waals surface area (Å²) >= 11 is 0. The van der Waals surface area contributed by atoms with Gasteiger partial charge in [-0.3, -0.25) is 9.36 Å². The number of carbonyl (C=O) groups is 1. The number of rotatable bonds is 7. The van der Waals surface area contributed by atoms with Crippen LogP contribution in [0, 0.1) is 5.92 Å². The minimum absolute atomic E-state index is 0.0576. The lowest BCUT2D eigenvalue weighted by Gasteiger charge is -2.26.